The molecule has 5 aromatic rings. The summed E-state index contributed by atoms with van der Waals surface area (Å²) in [7, 11) is 0. The number of fused-ring (bicyclic) bond motifs is 4. The van der Waals surface area contributed by atoms with E-state index in [1.165, 1.54) is 47.6 Å². The molecule has 5 rings (SSSR count). The summed E-state index contributed by atoms with van der Waals surface area (Å²) in [5, 5.41) is 5.31. The SMILES string of the molecule is Cc1cc2sc3ccccc3c2cc1-c1ccc2ccccc2c1. The summed E-state index contributed by atoms with van der Waals surface area (Å²) in [5.74, 6) is 0. The Morgan fingerprint density at radius 1 is 0.625 bits per heavy atom. The van der Waals surface area contributed by atoms with Gasteiger partial charge in [0.05, 0.1) is 0 Å². The van der Waals surface area contributed by atoms with Crippen LogP contribution >= 0.6 is 11.3 Å². The summed E-state index contributed by atoms with van der Waals surface area (Å²) in [5.41, 5.74) is 3.96. The van der Waals surface area contributed by atoms with Crippen molar-refractivity contribution < 1.29 is 0 Å². The minimum absolute atomic E-state index is 1.29. The average molecular weight is 324 g/mol. The summed E-state index contributed by atoms with van der Waals surface area (Å²) < 4.78 is 2.74. The molecular formula is C23H16S. The Morgan fingerprint density at radius 3 is 2.33 bits per heavy atom. The first-order chi connectivity index (χ1) is 11.8. The van der Waals surface area contributed by atoms with Crippen LogP contribution in [0.4, 0.5) is 0 Å². The second-order valence-electron chi connectivity index (χ2n) is 6.32. The normalized spacial score (nSPS) is 11.5. The largest absolute Gasteiger partial charge is 0.135 e. The predicted octanol–water partition coefficient (Wildman–Crippen LogP) is 7.18. The van der Waals surface area contributed by atoms with Gasteiger partial charge < -0.3 is 0 Å². The fourth-order valence-electron chi connectivity index (χ4n) is 3.54. The van der Waals surface area contributed by atoms with Crippen LogP contribution < -0.4 is 0 Å². The minimum Gasteiger partial charge on any atom is -0.135 e. The van der Waals surface area contributed by atoms with Crippen LogP contribution in [-0.2, 0) is 0 Å². The van der Waals surface area contributed by atoms with Crippen LogP contribution in [0, 0.1) is 6.92 Å². The highest BCUT2D eigenvalue weighted by atomic mass is 32.1. The van der Waals surface area contributed by atoms with E-state index in [4.69, 9.17) is 0 Å². The molecule has 0 amide bonds. The van der Waals surface area contributed by atoms with Crippen molar-refractivity contribution in [3.63, 3.8) is 0 Å². The van der Waals surface area contributed by atoms with Gasteiger partial charge in [-0.15, -0.1) is 11.3 Å². The van der Waals surface area contributed by atoms with E-state index in [1.54, 1.807) is 0 Å². The number of hydrogen-bond donors (Lipinski definition) is 0. The molecule has 0 nitrogen and oxygen atoms in total. The first kappa shape index (κ1) is 13.8. The van der Waals surface area contributed by atoms with E-state index in [-0.39, 0.29) is 0 Å². The van der Waals surface area contributed by atoms with E-state index in [0.717, 1.165) is 0 Å². The lowest BCUT2D eigenvalue weighted by molar-refractivity contribution is 1.50. The highest BCUT2D eigenvalue weighted by Gasteiger charge is 2.10. The molecule has 0 unspecified atom stereocenters. The Balaban J connectivity index is 1.80. The molecule has 0 saturated carbocycles. The maximum Gasteiger partial charge on any atom is 0.0358 e. The van der Waals surface area contributed by atoms with Crippen molar-refractivity contribution in [1.29, 1.82) is 0 Å². The third-order valence-corrected chi connectivity index (χ3v) is 5.92. The van der Waals surface area contributed by atoms with Crippen LogP contribution in [0.2, 0.25) is 0 Å². The van der Waals surface area contributed by atoms with E-state index >= 15 is 0 Å². The summed E-state index contributed by atoms with van der Waals surface area (Å²) in [4.78, 5) is 0. The maximum atomic E-state index is 2.37. The van der Waals surface area contributed by atoms with Crippen LogP contribution in [0.25, 0.3) is 42.1 Å². The second kappa shape index (κ2) is 5.19. The molecule has 0 bridgehead atoms. The standard InChI is InChI=1S/C23H16S/c1-15-12-23-21(19-8-4-5-9-22(19)24-23)14-20(15)18-11-10-16-6-2-3-7-17(16)13-18/h2-14H,1H3. The predicted molar refractivity (Wildman–Crippen MR) is 107 cm³/mol. The first-order valence-corrected chi connectivity index (χ1v) is 9.02. The highest BCUT2D eigenvalue weighted by Crippen LogP contribution is 2.38. The molecule has 0 aliphatic carbocycles. The quantitative estimate of drug-likeness (QED) is 0.306. The number of thiophene rings is 1. The van der Waals surface area contributed by atoms with Gasteiger partial charge in [0.25, 0.3) is 0 Å². The number of aryl methyl sites for hydroxylation is 1. The molecular weight excluding hydrogens is 308 g/mol. The Hall–Kier alpha value is -2.64. The molecule has 0 fully saturated rings. The molecule has 4 aromatic carbocycles. The summed E-state index contributed by atoms with van der Waals surface area (Å²) >= 11 is 1.88. The lowest BCUT2D eigenvalue weighted by atomic mass is 9.96. The zero-order chi connectivity index (χ0) is 16.1. The summed E-state index contributed by atoms with van der Waals surface area (Å²) in [6, 6.07) is 28.7. The van der Waals surface area contributed by atoms with Gasteiger partial charge in [0, 0.05) is 20.2 Å². The molecule has 0 spiro atoms. The van der Waals surface area contributed by atoms with Crippen molar-refractivity contribution >= 4 is 42.3 Å². The molecule has 1 heteroatoms. The van der Waals surface area contributed by atoms with Crippen LogP contribution in [0.5, 0.6) is 0 Å². The number of hydrogen-bond acceptors (Lipinski definition) is 1. The van der Waals surface area contributed by atoms with Crippen molar-refractivity contribution in [3.8, 4) is 11.1 Å². The molecule has 0 saturated heterocycles. The Morgan fingerprint density at radius 2 is 1.42 bits per heavy atom. The lowest BCUT2D eigenvalue weighted by Gasteiger charge is -2.08. The van der Waals surface area contributed by atoms with E-state index in [1.807, 2.05) is 11.3 Å². The van der Waals surface area contributed by atoms with Crippen molar-refractivity contribution in [1.82, 2.24) is 0 Å². The molecule has 0 aliphatic heterocycles. The van der Waals surface area contributed by atoms with Gasteiger partial charge in [0.15, 0.2) is 0 Å². The van der Waals surface area contributed by atoms with Crippen LogP contribution in [0.15, 0.2) is 78.9 Å². The summed E-state index contributed by atoms with van der Waals surface area (Å²) in [6.45, 7) is 2.22. The van der Waals surface area contributed by atoms with Gasteiger partial charge >= 0.3 is 0 Å². The van der Waals surface area contributed by atoms with Crippen molar-refractivity contribution in [2.75, 3.05) is 0 Å². The maximum absolute atomic E-state index is 2.37. The second-order valence-corrected chi connectivity index (χ2v) is 7.41. The van der Waals surface area contributed by atoms with E-state index in [2.05, 4.69) is 85.8 Å². The van der Waals surface area contributed by atoms with Gasteiger partial charge in [-0.25, -0.2) is 0 Å². The third-order valence-electron chi connectivity index (χ3n) is 4.78. The smallest absolute Gasteiger partial charge is 0.0358 e. The van der Waals surface area contributed by atoms with E-state index in [0.29, 0.717) is 0 Å². The summed E-state index contributed by atoms with van der Waals surface area (Å²) in [6.07, 6.45) is 0. The lowest BCUT2D eigenvalue weighted by Crippen LogP contribution is -1.84. The fourth-order valence-corrected chi connectivity index (χ4v) is 4.73. The molecule has 0 atom stereocenters. The average Bonchev–Trinajstić information content (AvgIpc) is 2.98. The highest BCUT2D eigenvalue weighted by molar-refractivity contribution is 7.25. The first-order valence-electron chi connectivity index (χ1n) is 8.21. The molecule has 0 radical (unpaired) electrons. The third kappa shape index (κ3) is 2.05. The molecule has 0 N–H and O–H groups in total. The van der Waals surface area contributed by atoms with Crippen LogP contribution in [-0.4, -0.2) is 0 Å². The van der Waals surface area contributed by atoms with Crippen LogP contribution in [0.3, 0.4) is 0 Å². The Kier molecular flexibility index (Phi) is 2.97. The zero-order valence-corrected chi connectivity index (χ0v) is 14.2. The van der Waals surface area contributed by atoms with Gasteiger partial charge in [0.2, 0.25) is 0 Å². The van der Waals surface area contributed by atoms with Crippen LogP contribution in [0.1, 0.15) is 5.56 Å². The zero-order valence-electron chi connectivity index (χ0n) is 13.4. The van der Waals surface area contributed by atoms with E-state index in [9.17, 15) is 0 Å². The van der Waals surface area contributed by atoms with Gasteiger partial charge in [-0.3, -0.25) is 0 Å². The fraction of sp³-hybridized carbons (Fsp3) is 0.0435. The Labute approximate surface area is 145 Å². The van der Waals surface area contributed by atoms with Crippen molar-refractivity contribution in [2.24, 2.45) is 0 Å². The molecule has 0 aliphatic rings. The molecule has 1 aromatic heterocycles. The van der Waals surface area contributed by atoms with Crippen molar-refractivity contribution in [2.45, 2.75) is 6.92 Å². The number of benzene rings is 4. The minimum atomic E-state index is 1.29. The van der Waals surface area contributed by atoms with Crippen molar-refractivity contribution in [3.05, 3.63) is 84.4 Å². The van der Waals surface area contributed by atoms with Gasteiger partial charge in [-0.05, 0) is 58.7 Å². The van der Waals surface area contributed by atoms with Gasteiger partial charge in [-0.1, -0.05) is 54.6 Å². The molecule has 114 valence electrons. The topological polar surface area (TPSA) is 0 Å². The van der Waals surface area contributed by atoms with Gasteiger partial charge in [-0.2, -0.15) is 0 Å². The number of rotatable bonds is 1. The molecule has 24 heavy (non-hydrogen) atoms. The Bertz CT molecular complexity index is 1210. The monoisotopic (exact) mass is 324 g/mol. The van der Waals surface area contributed by atoms with E-state index < -0.39 is 0 Å². The van der Waals surface area contributed by atoms with Gasteiger partial charge in [0.1, 0.15) is 0 Å². The molecule has 1 heterocycles.